The Morgan fingerprint density at radius 3 is 1.84 bits per heavy atom. The predicted molar refractivity (Wildman–Crippen MR) is 234 cm³/mol. The number of amides is 1. The molecule has 0 bridgehead atoms. The molecule has 62 heavy (non-hydrogen) atoms. The molecule has 0 unspecified atom stereocenters. The summed E-state index contributed by atoms with van der Waals surface area (Å²) in [7, 11) is 0.454. The van der Waals surface area contributed by atoms with Crippen LogP contribution in [0.1, 0.15) is 66.9 Å². The Kier molecular flexibility index (Phi) is 14.1. The Bertz CT molecular complexity index is 2320. The van der Waals surface area contributed by atoms with E-state index in [-0.39, 0.29) is 17.5 Å². The van der Waals surface area contributed by atoms with E-state index in [0.717, 1.165) is 16.7 Å². The minimum atomic E-state index is -2.73. The molecule has 14 nitrogen and oxygen atoms in total. The molecule has 326 valence electrons. The van der Waals surface area contributed by atoms with E-state index in [1.807, 2.05) is 92.0 Å². The summed E-state index contributed by atoms with van der Waals surface area (Å²) in [5.41, 5.74) is 0.600. The van der Waals surface area contributed by atoms with Crippen LogP contribution in [-0.2, 0) is 33.8 Å². The fourth-order valence-corrected chi connectivity index (χ4v) is 8.33. The summed E-state index contributed by atoms with van der Waals surface area (Å²) in [5.74, 6) is -1.18. The third-order valence-electron chi connectivity index (χ3n) is 11.4. The van der Waals surface area contributed by atoms with Crippen molar-refractivity contribution in [1.82, 2.24) is 9.55 Å². The second-order valence-electron chi connectivity index (χ2n) is 16.4. The smallest absolute Gasteiger partial charge is 0.351 e. The number of nitrogens with zero attached hydrogens (tertiary/aromatic N) is 2. The Hall–Kier alpha value is -6.13. The van der Waals surface area contributed by atoms with Crippen molar-refractivity contribution in [3.63, 3.8) is 0 Å². The van der Waals surface area contributed by atoms with Crippen LogP contribution >= 0.6 is 0 Å². The van der Waals surface area contributed by atoms with Gasteiger partial charge in [-0.05, 0) is 77.3 Å². The monoisotopic (exact) mass is 863 g/mol. The first-order chi connectivity index (χ1) is 29.6. The number of anilines is 1. The number of methoxy groups -OCH3 is 2. The van der Waals surface area contributed by atoms with E-state index in [9.17, 15) is 24.3 Å². The maximum atomic E-state index is 13.9. The SMILES string of the molecule is COc1ccc(C(OC[C@H]2O[C@@H](n3ccc(NC(=O)c4ccccc4)nc3=O)[C@H](OC(=O)CCC(=O)O)[C@@H]2O[Si](C)(C)C(C)(C)C)(c2ccccc2)c2ccc(OC)cc2)cc1. The quantitative estimate of drug-likeness (QED) is 0.0534. The maximum Gasteiger partial charge on any atom is 0.351 e. The van der Waals surface area contributed by atoms with Crippen LogP contribution < -0.4 is 20.5 Å². The molecule has 5 aromatic rings. The van der Waals surface area contributed by atoms with Crippen molar-refractivity contribution in [1.29, 1.82) is 0 Å². The van der Waals surface area contributed by atoms with E-state index in [2.05, 4.69) is 31.1 Å². The second-order valence-corrected chi connectivity index (χ2v) is 21.2. The highest BCUT2D eigenvalue weighted by molar-refractivity contribution is 6.74. The summed E-state index contributed by atoms with van der Waals surface area (Å²) in [6.07, 6.45) is -4.08. The molecule has 6 rings (SSSR count). The number of carbonyl (C=O) groups is 3. The lowest BCUT2D eigenvalue weighted by atomic mass is 9.80. The van der Waals surface area contributed by atoms with E-state index in [1.165, 1.54) is 16.8 Å². The number of benzene rings is 4. The molecule has 1 saturated heterocycles. The van der Waals surface area contributed by atoms with Gasteiger partial charge < -0.3 is 38.5 Å². The predicted octanol–water partition coefficient (Wildman–Crippen LogP) is 7.59. The molecule has 4 atom stereocenters. The van der Waals surface area contributed by atoms with Crippen LogP contribution in [0.3, 0.4) is 0 Å². The summed E-state index contributed by atoms with van der Waals surface area (Å²) in [6, 6.07) is 34.7. The van der Waals surface area contributed by atoms with Gasteiger partial charge in [-0.15, -0.1) is 0 Å². The summed E-state index contributed by atoms with van der Waals surface area (Å²) in [5, 5.41) is 11.7. The Morgan fingerprint density at radius 2 is 1.32 bits per heavy atom. The van der Waals surface area contributed by atoms with Gasteiger partial charge in [0, 0.05) is 11.8 Å². The van der Waals surface area contributed by atoms with Gasteiger partial charge in [0.15, 0.2) is 20.6 Å². The Morgan fingerprint density at radius 1 is 0.774 bits per heavy atom. The zero-order valence-corrected chi connectivity index (χ0v) is 36.9. The number of carbonyl (C=O) groups excluding carboxylic acids is 2. The fourth-order valence-electron chi connectivity index (χ4n) is 7.01. The number of aliphatic carboxylic acids is 1. The van der Waals surface area contributed by atoms with E-state index >= 15 is 0 Å². The normalized spacial score (nSPS) is 17.9. The van der Waals surface area contributed by atoms with E-state index in [1.54, 1.807) is 44.6 Å². The van der Waals surface area contributed by atoms with Crippen LogP contribution in [0, 0.1) is 0 Å². The minimum Gasteiger partial charge on any atom is -0.497 e. The van der Waals surface area contributed by atoms with Gasteiger partial charge in [-0.3, -0.25) is 19.0 Å². The molecule has 0 spiro atoms. The lowest BCUT2D eigenvalue weighted by molar-refractivity contribution is -0.160. The molecule has 1 aromatic heterocycles. The van der Waals surface area contributed by atoms with Crippen molar-refractivity contribution in [3.8, 4) is 11.5 Å². The summed E-state index contributed by atoms with van der Waals surface area (Å²) in [6.45, 7) is 10.1. The molecule has 4 aromatic carbocycles. The summed E-state index contributed by atoms with van der Waals surface area (Å²) in [4.78, 5) is 56.0. The number of aromatic nitrogens is 2. The van der Waals surface area contributed by atoms with Crippen molar-refractivity contribution in [2.24, 2.45) is 0 Å². The topological polar surface area (TPSA) is 174 Å². The van der Waals surface area contributed by atoms with Gasteiger partial charge in [0.25, 0.3) is 5.91 Å². The molecule has 0 radical (unpaired) electrons. The zero-order valence-electron chi connectivity index (χ0n) is 35.9. The Balaban J connectivity index is 1.46. The molecule has 1 aliphatic heterocycles. The number of carboxylic acid groups (broad SMARTS) is 1. The van der Waals surface area contributed by atoms with Gasteiger partial charge in [-0.1, -0.05) is 93.6 Å². The van der Waals surface area contributed by atoms with E-state index in [4.69, 9.17) is 28.1 Å². The second kappa shape index (κ2) is 19.3. The minimum absolute atomic E-state index is 0.00584. The molecule has 15 heteroatoms. The molecule has 1 fully saturated rings. The van der Waals surface area contributed by atoms with Crippen LogP contribution in [-0.4, -0.2) is 80.0 Å². The number of rotatable bonds is 17. The summed E-state index contributed by atoms with van der Waals surface area (Å²) < 4.78 is 39.4. The number of esters is 1. The summed E-state index contributed by atoms with van der Waals surface area (Å²) >= 11 is 0. The first-order valence-corrected chi connectivity index (χ1v) is 23.2. The number of hydrogen-bond donors (Lipinski definition) is 2. The lowest BCUT2D eigenvalue weighted by Crippen LogP contribution is -2.51. The molecule has 2 N–H and O–H groups in total. The van der Waals surface area contributed by atoms with Crippen molar-refractivity contribution < 1.29 is 47.6 Å². The highest BCUT2D eigenvalue weighted by Crippen LogP contribution is 2.45. The van der Waals surface area contributed by atoms with Crippen LogP contribution in [0.25, 0.3) is 0 Å². The van der Waals surface area contributed by atoms with Crippen LogP contribution in [0.15, 0.2) is 126 Å². The third-order valence-corrected chi connectivity index (χ3v) is 15.8. The standard InChI is InChI=1S/C47H53N3O11Si/c1-46(2,3)62(6,7)61-41-37(30-58-47(32-16-12-9-13-17-32,33-18-22-35(56-4)23-19-33)34-20-24-36(57-5)25-21-34)59-44(42(41)60-40(53)27-26-39(51)52)50-29-28-38(49-45(50)55)48-43(54)31-14-10-8-11-15-31/h8-25,28-29,37,41-42,44H,26-27,30H2,1-7H3,(H,51,52)(H,48,49,54,55)/t37-,41-,42-,44-/m1/s1. The molecule has 0 aliphatic carbocycles. The number of hydrogen-bond acceptors (Lipinski definition) is 11. The van der Waals surface area contributed by atoms with Gasteiger partial charge in [0.05, 0.1) is 33.7 Å². The molecule has 1 aliphatic rings. The van der Waals surface area contributed by atoms with Crippen molar-refractivity contribution in [2.75, 3.05) is 26.1 Å². The highest BCUT2D eigenvalue weighted by Gasteiger charge is 2.54. The fraction of sp³-hybridized carbons (Fsp3) is 0.340. The van der Waals surface area contributed by atoms with Crippen molar-refractivity contribution >= 4 is 32.0 Å². The van der Waals surface area contributed by atoms with Crippen molar-refractivity contribution in [2.45, 2.75) is 81.9 Å². The van der Waals surface area contributed by atoms with Gasteiger partial charge in [0.1, 0.15) is 35.1 Å². The first-order valence-electron chi connectivity index (χ1n) is 20.2. The largest absolute Gasteiger partial charge is 0.497 e. The number of carboxylic acids is 1. The first kappa shape index (κ1) is 45.4. The third kappa shape index (κ3) is 10.1. The molecular weight excluding hydrogens is 811 g/mol. The molecule has 1 amide bonds. The average molecular weight is 864 g/mol. The van der Waals surface area contributed by atoms with Gasteiger partial charge in [-0.2, -0.15) is 4.98 Å². The Labute approximate surface area is 361 Å². The average Bonchev–Trinajstić information content (AvgIpc) is 3.58. The maximum absolute atomic E-state index is 13.9. The van der Waals surface area contributed by atoms with Gasteiger partial charge in [-0.25, -0.2) is 4.79 Å². The van der Waals surface area contributed by atoms with Crippen LogP contribution in [0.4, 0.5) is 5.82 Å². The molecule has 0 saturated carbocycles. The van der Waals surface area contributed by atoms with Gasteiger partial charge in [0.2, 0.25) is 0 Å². The van der Waals surface area contributed by atoms with Crippen LogP contribution in [0.2, 0.25) is 18.1 Å². The highest BCUT2D eigenvalue weighted by atomic mass is 28.4. The van der Waals surface area contributed by atoms with E-state index in [0.29, 0.717) is 17.1 Å². The van der Waals surface area contributed by atoms with Gasteiger partial charge >= 0.3 is 17.6 Å². The lowest BCUT2D eigenvalue weighted by Gasteiger charge is -2.41. The van der Waals surface area contributed by atoms with E-state index < -0.39 is 74.8 Å². The number of ether oxygens (including phenoxy) is 5. The number of nitrogens with one attached hydrogen (secondary N) is 1. The molecule has 2 heterocycles. The molecular formula is C47H53N3O11Si. The zero-order chi connectivity index (χ0) is 44.7. The van der Waals surface area contributed by atoms with Crippen LogP contribution in [0.5, 0.6) is 11.5 Å². The van der Waals surface area contributed by atoms with Crippen molar-refractivity contribution in [3.05, 3.63) is 154 Å².